The minimum absolute atomic E-state index is 0.773. The van der Waals surface area contributed by atoms with Crippen LogP contribution in [0.1, 0.15) is 32.6 Å². The molecule has 0 aliphatic heterocycles. The van der Waals surface area contributed by atoms with Gasteiger partial charge in [-0.1, -0.05) is 19.8 Å². The van der Waals surface area contributed by atoms with E-state index >= 15 is 0 Å². The molecule has 0 saturated carbocycles. The van der Waals surface area contributed by atoms with Gasteiger partial charge in [0.15, 0.2) is 8.32 Å². The molecule has 1 nitrogen and oxygen atoms in total. The fourth-order valence-electron chi connectivity index (χ4n) is 1.27. The van der Waals surface area contributed by atoms with Crippen molar-refractivity contribution in [3.05, 3.63) is 0 Å². The van der Waals surface area contributed by atoms with Crippen LogP contribution in [-0.2, 0) is 4.43 Å². The molecule has 3 heteroatoms. The van der Waals surface area contributed by atoms with Crippen LogP contribution in [0.2, 0.25) is 19.1 Å². The van der Waals surface area contributed by atoms with Gasteiger partial charge in [0, 0.05) is 12.5 Å². The minimum Gasteiger partial charge on any atom is -0.417 e. The lowest BCUT2D eigenvalue weighted by atomic mass is 10.3. The smallest absolute Gasteiger partial charge is 0.186 e. The predicted octanol–water partition coefficient (Wildman–Crippen LogP) is 4.03. The van der Waals surface area contributed by atoms with Crippen LogP contribution in [0.15, 0.2) is 0 Å². The number of alkyl halides is 1. The monoisotopic (exact) mass is 222 g/mol. The van der Waals surface area contributed by atoms with Crippen molar-refractivity contribution >= 4 is 19.9 Å². The normalized spacial score (nSPS) is 12.0. The standard InChI is InChI=1S/C10H23ClOSi/c1-4-5-6-9-12-13(2,3)10-7-8-11/h4-10H2,1-3H3. The van der Waals surface area contributed by atoms with Gasteiger partial charge in [0.25, 0.3) is 0 Å². The number of unbranched alkanes of at least 4 members (excludes halogenated alkanes) is 2. The first-order valence-electron chi connectivity index (χ1n) is 5.32. The lowest BCUT2D eigenvalue weighted by molar-refractivity contribution is 0.295. The van der Waals surface area contributed by atoms with Gasteiger partial charge in [0.05, 0.1) is 0 Å². The van der Waals surface area contributed by atoms with Gasteiger partial charge in [-0.3, -0.25) is 0 Å². The molecule has 0 N–H and O–H groups in total. The first-order valence-corrected chi connectivity index (χ1v) is 8.97. The van der Waals surface area contributed by atoms with E-state index in [4.69, 9.17) is 16.0 Å². The molecule has 80 valence electrons. The summed E-state index contributed by atoms with van der Waals surface area (Å²) < 4.78 is 5.91. The number of halogens is 1. The zero-order chi connectivity index (χ0) is 10.2. The van der Waals surface area contributed by atoms with E-state index in [0.717, 1.165) is 18.9 Å². The highest BCUT2D eigenvalue weighted by atomic mass is 35.5. The highest BCUT2D eigenvalue weighted by molar-refractivity contribution is 6.71. The number of rotatable bonds is 8. The van der Waals surface area contributed by atoms with Gasteiger partial charge >= 0.3 is 0 Å². The Balaban J connectivity index is 3.39. The van der Waals surface area contributed by atoms with Gasteiger partial charge in [-0.25, -0.2) is 0 Å². The van der Waals surface area contributed by atoms with Gasteiger partial charge in [-0.2, -0.15) is 0 Å². The van der Waals surface area contributed by atoms with Gasteiger partial charge in [-0.15, -0.1) is 11.6 Å². The molecule has 0 rings (SSSR count). The Bertz CT molecular complexity index is 117. The molecule has 0 radical (unpaired) electrons. The minimum atomic E-state index is -1.36. The molecule has 0 heterocycles. The second kappa shape index (κ2) is 7.83. The van der Waals surface area contributed by atoms with Crippen molar-refractivity contribution in [3.8, 4) is 0 Å². The van der Waals surface area contributed by atoms with Crippen LogP contribution >= 0.6 is 11.6 Å². The van der Waals surface area contributed by atoms with Crippen molar-refractivity contribution in [2.45, 2.75) is 51.7 Å². The highest BCUT2D eigenvalue weighted by Gasteiger charge is 2.20. The molecule has 0 amide bonds. The van der Waals surface area contributed by atoms with Crippen LogP contribution in [0.25, 0.3) is 0 Å². The molecular weight excluding hydrogens is 200 g/mol. The molecule has 0 aromatic carbocycles. The van der Waals surface area contributed by atoms with Crippen LogP contribution in [0, 0.1) is 0 Å². The molecule has 0 spiro atoms. The van der Waals surface area contributed by atoms with Crippen molar-refractivity contribution in [2.75, 3.05) is 12.5 Å². The molecule has 0 fully saturated rings. The Labute approximate surface area is 88.9 Å². The third-order valence-electron chi connectivity index (χ3n) is 2.15. The molecule has 0 aliphatic rings. The summed E-state index contributed by atoms with van der Waals surface area (Å²) in [5.41, 5.74) is 0. The summed E-state index contributed by atoms with van der Waals surface area (Å²) in [7, 11) is -1.36. The Morgan fingerprint density at radius 2 is 1.85 bits per heavy atom. The van der Waals surface area contributed by atoms with Crippen molar-refractivity contribution < 1.29 is 4.43 Å². The Kier molecular flexibility index (Phi) is 8.11. The molecule has 0 unspecified atom stereocenters. The Morgan fingerprint density at radius 3 is 2.38 bits per heavy atom. The average molecular weight is 223 g/mol. The molecular formula is C10H23ClOSi. The lowest BCUT2D eigenvalue weighted by Crippen LogP contribution is -2.30. The summed E-state index contributed by atoms with van der Waals surface area (Å²) >= 11 is 5.66. The summed E-state index contributed by atoms with van der Waals surface area (Å²) in [6.07, 6.45) is 4.88. The van der Waals surface area contributed by atoms with Crippen molar-refractivity contribution in [1.29, 1.82) is 0 Å². The largest absolute Gasteiger partial charge is 0.417 e. The Hall–Kier alpha value is 0.467. The Morgan fingerprint density at radius 1 is 1.15 bits per heavy atom. The summed E-state index contributed by atoms with van der Waals surface area (Å²) in [4.78, 5) is 0. The van der Waals surface area contributed by atoms with E-state index in [1.54, 1.807) is 0 Å². The lowest BCUT2D eigenvalue weighted by Gasteiger charge is -2.22. The van der Waals surface area contributed by atoms with Gasteiger partial charge in [0.2, 0.25) is 0 Å². The van der Waals surface area contributed by atoms with E-state index in [1.807, 2.05) is 0 Å². The summed E-state index contributed by atoms with van der Waals surface area (Å²) in [6.45, 7) is 7.74. The van der Waals surface area contributed by atoms with E-state index in [-0.39, 0.29) is 0 Å². The molecule has 0 aliphatic carbocycles. The van der Waals surface area contributed by atoms with Crippen molar-refractivity contribution in [1.82, 2.24) is 0 Å². The zero-order valence-electron chi connectivity index (χ0n) is 9.24. The molecule has 0 bridgehead atoms. The summed E-state index contributed by atoms with van der Waals surface area (Å²) in [5, 5.41) is 0. The quantitative estimate of drug-likeness (QED) is 0.342. The van der Waals surface area contributed by atoms with Gasteiger partial charge < -0.3 is 4.43 Å². The van der Waals surface area contributed by atoms with Crippen LogP contribution < -0.4 is 0 Å². The van der Waals surface area contributed by atoms with E-state index in [2.05, 4.69) is 20.0 Å². The molecule has 0 aromatic heterocycles. The topological polar surface area (TPSA) is 9.23 Å². The second-order valence-corrected chi connectivity index (χ2v) is 8.79. The van der Waals surface area contributed by atoms with Crippen LogP contribution in [0.5, 0.6) is 0 Å². The van der Waals surface area contributed by atoms with Gasteiger partial charge in [0.1, 0.15) is 0 Å². The number of hydrogen-bond acceptors (Lipinski definition) is 1. The second-order valence-electron chi connectivity index (χ2n) is 4.11. The van der Waals surface area contributed by atoms with Crippen molar-refractivity contribution in [2.24, 2.45) is 0 Å². The van der Waals surface area contributed by atoms with Crippen LogP contribution in [-0.4, -0.2) is 20.8 Å². The molecule has 0 atom stereocenters. The highest BCUT2D eigenvalue weighted by Crippen LogP contribution is 2.14. The third-order valence-corrected chi connectivity index (χ3v) is 4.96. The summed E-state index contributed by atoms with van der Waals surface area (Å²) in [5.74, 6) is 0.773. The van der Waals surface area contributed by atoms with Gasteiger partial charge in [-0.05, 0) is 32.0 Å². The fraction of sp³-hybridized carbons (Fsp3) is 1.00. The first-order chi connectivity index (χ1) is 6.12. The molecule has 0 saturated heterocycles. The van der Waals surface area contributed by atoms with E-state index in [0.29, 0.717) is 0 Å². The van der Waals surface area contributed by atoms with E-state index in [9.17, 15) is 0 Å². The van der Waals surface area contributed by atoms with E-state index < -0.39 is 8.32 Å². The maximum atomic E-state index is 5.91. The third kappa shape index (κ3) is 8.79. The number of hydrogen-bond donors (Lipinski definition) is 0. The van der Waals surface area contributed by atoms with E-state index in [1.165, 1.54) is 25.3 Å². The van der Waals surface area contributed by atoms with Crippen molar-refractivity contribution in [3.63, 3.8) is 0 Å². The summed E-state index contributed by atoms with van der Waals surface area (Å²) in [6, 6.07) is 1.20. The maximum Gasteiger partial charge on any atom is 0.186 e. The molecule has 0 aromatic rings. The predicted molar refractivity (Wildman–Crippen MR) is 63.1 cm³/mol. The SMILES string of the molecule is CCCCCO[Si](C)(C)CCCCl. The van der Waals surface area contributed by atoms with Crippen LogP contribution in [0.4, 0.5) is 0 Å². The first kappa shape index (κ1) is 13.5. The molecule has 13 heavy (non-hydrogen) atoms. The maximum absolute atomic E-state index is 5.91. The zero-order valence-corrected chi connectivity index (χ0v) is 11.0. The van der Waals surface area contributed by atoms with Crippen LogP contribution in [0.3, 0.4) is 0 Å². The fourth-order valence-corrected chi connectivity index (χ4v) is 3.49. The average Bonchev–Trinajstić information content (AvgIpc) is 2.09.